The Labute approximate surface area is 219 Å². The first-order chi connectivity index (χ1) is 18.4. The van der Waals surface area contributed by atoms with E-state index >= 15 is 0 Å². The number of alkyl halides is 2. The maximum Gasteiger partial charge on any atom is 0.296 e. The number of anilines is 2. The van der Waals surface area contributed by atoms with Gasteiger partial charge in [-0.1, -0.05) is 12.1 Å². The largest absolute Gasteiger partial charge is 0.384 e. The first-order valence-electron chi connectivity index (χ1n) is 13.0. The molecule has 2 fully saturated rings. The molecule has 0 bridgehead atoms. The number of imidazole rings is 1. The van der Waals surface area contributed by atoms with E-state index in [0.29, 0.717) is 68.8 Å². The molecule has 0 unspecified atom stereocenters. The highest BCUT2D eigenvalue weighted by Crippen LogP contribution is 2.29. The number of methoxy groups -OCH3 is 1. The molecule has 1 aromatic carbocycles. The molecule has 12 heteroatoms. The van der Waals surface area contributed by atoms with Crippen LogP contribution in [0, 0.1) is 5.92 Å². The molecular weight excluding hydrogens is 496 g/mol. The number of carbonyl (C=O) groups excluding carboxylic acids is 1. The third-order valence-corrected chi connectivity index (χ3v) is 7.09. The molecule has 10 nitrogen and oxygen atoms in total. The second-order valence-electron chi connectivity index (χ2n) is 9.69. The van der Waals surface area contributed by atoms with E-state index in [0.717, 1.165) is 12.8 Å². The number of rotatable bonds is 8. The zero-order chi connectivity index (χ0) is 26.6. The molecule has 2 saturated heterocycles. The van der Waals surface area contributed by atoms with Crippen LogP contribution in [-0.2, 0) is 14.3 Å². The smallest absolute Gasteiger partial charge is 0.296 e. The lowest BCUT2D eigenvalue weighted by molar-refractivity contribution is -0.133. The fraction of sp³-hybridized carbons (Fsp3) is 0.538. The summed E-state index contributed by atoms with van der Waals surface area (Å²) >= 11 is 0. The highest BCUT2D eigenvalue weighted by atomic mass is 19.3. The maximum absolute atomic E-state index is 14.1. The van der Waals surface area contributed by atoms with Gasteiger partial charge >= 0.3 is 0 Å². The Morgan fingerprint density at radius 1 is 1.11 bits per heavy atom. The van der Waals surface area contributed by atoms with Gasteiger partial charge in [-0.3, -0.25) is 9.36 Å². The summed E-state index contributed by atoms with van der Waals surface area (Å²) in [5.74, 6) is 1.03. The average molecular weight is 530 g/mol. The maximum atomic E-state index is 14.1. The fourth-order valence-corrected chi connectivity index (χ4v) is 5.07. The minimum atomic E-state index is -2.80. The van der Waals surface area contributed by atoms with Crippen LogP contribution in [0.2, 0.25) is 0 Å². The van der Waals surface area contributed by atoms with Gasteiger partial charge in [0, 0.05) is 46.0 Å². The Balaban J connectivity index is 1.46. The normalized spacial score (nSPS) is 17.8. The van der Waals surface area contributed by atoms with Crippen molar-refractivity contribution < 1.29 is 23.0 Å². The number of ether oxygens (including phenoxy) is 2. The lowest BCUT2D eigenvalue weighted by atomic mass is 9.97. The number of hydrogen-bond donors (Lipinski definition) is 1. The summed E-state index contributed by atoms with van der Waals surface area (Å²) in [6.07, 6.45) is -1.02. The van der Waals surface area contributed by atoms with Gasteiger partial charge in [0.15, 0.2) is 5.82 Å². The van der Waals surface area contributed by atoms with E-state index in [1.165, 1.54) is 4.57 Å². The number of halogens is 2. The molecule has 1 amide bonds. The number of carbonyl (C=O) groups is 1. The van der Waals surface area contributed by atoms with Crippen molar-refractivity contribution in [3.8, 4) is 5.82 Å². The second kappa shape index (κ2) is 11.6. The van der Waals surface area contributed by atoms with Crippen LogP contribution < -0.4 is 10.2 Å². The third kappa shape index (κ3) is 5.56. The molecule has 4 heterocycles. The van der Waals surface area contributed by atoms with Gasteiger partial charge in [-0.05, 0) is 37.8 Å². The highest BCUT2D eigenvalue weighted by Gasteiger charge is 2.28. The van der Waals surface area contributed by atoms with Crippen LogP contribution in [0.1, 0.15) is 32.0 Å². The number of nitrogens with zero attached hydrogens (tertiary/aromatic N) is 6. The van der Waals surface area contributed by atoms with Crippen molar-refractivity contribution in [1.29, 1.82) is 0 Å². The number of fused-ring (bicyclic) bond motifs is 1. The van der Waals surface area contributed by atoms with Gasteiger partial charge < -0.3 is 24.6 Å². The zero-order valence-corrected chi connectivity index (χ0v) is 21.6. The van der Waals surface area contributed by atoms with E-state index in [9.17, 15) is 13.6 Å². The van der Waals surface area contributed by atoms with Crippen LogP contribution in [0.15, 0.2) is 30.3 Å². The summed E-state index contributed by atoms with van der Waals surface area (Å²) in [6, 6.07) is 8.04. The average Bonchev–Trinajstić information content (AvgIpc) is 3.34. The van der Waals surface area contributed by atoms with E-state index < -0.39 is 18.3 Å². The zero-order valence-electron chi connectivity index (χ0n) is 21.6. The van der Waals surface area contributed by atoms with Crippen LogP contribution in [0.25, 0.3) is 16.9 Å². The van der Waals surface area contributed by atoms with Crippen molar-refractivity contribution in [2.45, 2.75) is 32.2 Å². The Bertz CT molecular complexity index is 1260. The quantitative estimate of drug-likeness (QED) is 0.475. The number of likely N-dealkylation sites (tertiary alicyclic amines) is 1. The minimum Gasteiger partial charge on any atom is -0.384 e. The standard InChI is InChI=1S/C26H33F2N7O3/c1-17(25(36)34-9-7-18(8-10-34)16-37-2)29-26-31-21(33-11-13-38-14-12-33)15-22(32-26)35-20-6-4-3-5-19(20)30-24(35)23(27)28/h3-6,15,17-18,23H,7-14,16H2,1-2H3,(H,29,31,32)/t17-/m0/s1. The molecule has 0 spiro atoms. The fourth-order valence-electron chi connectivity index (χ4n) is 5.07. The molecule has 1 N–H and O–H groups in total. The molecule has 0 saturated carbocycles. The lowest BCUT2D eigenvalue weighted by Crippen LogP contribution is -2.46. The molecule has 0 aliphatic carbocycles. The summed E-state index contributed by atoms with van der Waals surface area (Å²) < 4.78 is 40.3. The first-order valence-corrected chi connectivity index (χ1v) is 13.0. The van der Waals surface area contributed by atoms with E-state index in [-0.39, 0.29) is 17.7 Å². The number of nitrogens with one attached hydrogen (secondary N) is 1. The van der Waals surface area contributed by atoms with Gasteiger partial charge in [0.1, 0.15) is 17.7 Å². The van der Waals surface area contributed by atoms with Crippen LogP contribution in [-0.4, -0.2) is 89.5 Å². The number of amides is 1. The number of benzene rings is 1. The van der Waals surface area contributed by atoms with Gasteiger partial charge in [-0.15, -0.1) is 0 Å². The Morgan fingerprint density at radius 2 is 1.82 bits per heavy atom. The molecule has 204 valence electrons. The van der Waals surface area contributed by atoms with Gasteiger partial charge in [0.05, 0.1) is 24.2 Å². The molecule has 2 aliphatic rings. The van der Waals surface area contributed by atoms with Crippen LogP contribution in [0.4, 0.5) is 20.5 Å². The van der Waals surface area contributed by atoms with Crippen molar-refractivity contribution in [2.75, 3.05) is 63.3 Å². The van der Waals surface area contributed by atoms with E-state index in [2.05, 4.69) is 20.3 Å². The Morgan fingerprint density at radius 3 is 2.53 bits per heavy atom. The lowest BCUT2D eigenvalue weighted by Gasteiger charge is -2.33. The monoisotopic (exact) mass is 529 g/mol. The predicted octanol–water partition coefficient (Wildman–Crippen LogP) is 3.28. The van der Waals surface area contributed by atoms with Crippen molar-refractivity contribution >= 4 is 28.7 Å². The summed E-state index contributed by atoms with van der Waals surface area (Å²) in [6.45, 7) is 6.07. The molecule has 1 atom stereocenters. The molecule has 0 radical (unpaired) electrons. The van der Waals surface area contributed by atoms with Crippen LogP contribution >= 0.6 is 0 Å². The van der Waals surface area contributed by atoms with Gasteiger partial charge in [-0.2, -0.15) is 9.97 Å². The first kappa shape index (κ1) is 26.2. The van der Waals surface area contributed by atoms with Gasteiger partial charge in [0.2, 0.25) is 11.9 Å². The van der Waals surface area contributed by atoms with Gasteiger partial charge in [0.25, 0.3) is 6.43 Å². The predicted molar refractivity (Wildman–Crippen MR) is 139 cm³/mol. The van der Waals surface area contributed by atoms with E-state index in [1.807, 2.05) is 9.80 Å². The third-order valence-electron chi connectivity index (χ3n) is 7.09. The summed E-state index contributed by atoms with van der Waals surface area (Å²) in [7, 11) is 1.69. The van der Waals surface area contributed by atoms with Crippen molar-refractivity contribution in [3.05, 3.63) is 36.2 Å². The second-order valence-corrected chi connectivity index (χ2v) is 9.69. The van der Waals surface area contributed by atoms with Crippen molar-refractivity contribution in [3.63, 3.8) is 0 Å². The highest BCUT2D eigenvalue weighted by molar-refractivity contribution is 5.84. The van der Waals surface area contributed by atoms with Crippen LogP contribution in [0.5, 0.6) is 0 Å². The molecule has 2 aromatic heterocycles. The number of para-hydroxylation sites is 2. The molecule has 3 aromatic rings. The number of morpholine rings is 1. The van der Waals surface area contributed by atoms with E-state index in [4.69, 9.17) is 9.47 Å². The van der Waals surface area contributed by atoms with E-state index in [1.54, 1.807) is 44.4 Å². The minimum absolute atomic E-state index is 0.0517. The topological polar surface area (TPSA) is 97.6 Å². The summed E-state index contributed by atoms with van der Waals surface area (Å²) in [5.41, 5.74) is 0.965. The number of aromatic nitrogens is 4. The number of piperidine rings is 1. The molecular formula is C26H33F2N7O3. The van der Waals surface area contributed by atoms with Crippen molar-refractivity contribution in [1.82, 2.24) is 24.4 Å². The molecule has 38 heavy (non-hydrogen) atoms. The van der Waals surface area contributed by atoms with Crippen LogP contribution in [0.3, 0.4) is 0 Å². The van der Waals surface area contributed by atoms with Gasteiger partial charge in [-0.25, -0.2) is 13.8 Å². The summed E-state index contributed by atoms with van der Waals surface area (Å²) in [4.78, 5) is 30.5. The SMILES string of the molecule is COCC1CCN(C(=O)[C@H](C)Nc2nc(N3CCOCC3)cc(-n3c(C(F)F)nc4ccccc43)n2)CC1. The Hall–Kier alpha value is -3.38. The number of hydrogen-bond acceptors (Lipinski definition) is 8. The summed E-state index contributed by atoms with van der Waals surface area (Å²) in [5, 5.41) is 3.14. The molecule has 5 rings (SSSR count). The molecule has 2 aliphatic heterocycles. The Kier molecular flexibility index (Phi) is 7.98. The van der Waals surface area contributed by atoms with Crippen molar-refractivity contribution in [2.24, 2.45) is 5.92 Å².